The fourth-order valence-corrected chi connectivity index (χ4v) is 5.36. The highest BCUT2D eigenvalue weighted by Crippen LogP contribution is 2.29. The minimum atomic E-state index is 0.806. The van der Waals surface area contributed by atoms with E-state index in [4.69, 9.17) is 0 Å². The van der Waals surface area contributed by atoms with Crippen molar-refractivity contribution in [2.24, 2.45) is 5.92 Å². The average molecular weight is 348 g/mol. The predicted molar refractivity (Wildman–Crippen MR) is 108 cm³/mol. The smallest absolute Gasteiger partial charge is 0.213 e. The molecule has 0 aliphatic carbocycles. The lowest BCUT2D eigenvalue weighted by atomic mass is 9.83. The monoisotopic (exact) mass is 347 g/mol. The first-order valence-electron chi connectivity index (χ1n) is 10.3. The molecule has 5 rings (SSSR count). The predicted octanol–water partition coefficient (Wildman–Crippen LogP) is 3.07. The highest BCUT2D eigenvalue weighted by molar-refractivity contribution is 6.04. The molecule has 3 heteroatoms. The lowest BCUT2D eigenvalue weighted by Gasteiger charge is -2.41. The Morgan fingerprint density at radius 3 is 2.31 bits per heavy atom. The molecule has 3 atom stereocenters. The van der Waals surface area contributed by atoms with Gasteiger partial charge in [-0.25, -0.2) is 4.98 Å². The Morgan fingerprint density at radius 2 is 1.54 bits per heavy atom. The van der Waals surface area contributed by atoms with E-state index in [1.807, 2.05) is 4.90 Å². The Hall–Kier alpha value is -2.13. The minimum Gasteiger partial charge on any atom is -0.383 e. The van der Waals surface area contributed by atoms with E-state index in [-0.39, 0.29) is 0 Å². The van der Waals surface area contributed by atoms with Crippen LogP contribution in [0.3, 0.4) is 0 Å². The van der Waals surface area contributed by atoms with Gasteiger partial charge >= 0.3 is 0 Å². The Bertz CT molecular complexity index is 864. The van der Waals surface area contributed by atoms with E-state index in [9.17, 15) is 0 Å². The molecule has 26 heavy (non-hydrogen) atoms. The van der Waals surface area contributed by atoms with Crippen molar-refractivity contribution in [3.8, 4) is 0 Å². The van der Waals surface area contributed by atoms with Crippen molar-refractivity contribution in [2.75, 3.05) is 25.0 Å². The maximum atomic E-state index is 3.90. The van der Waals surface area contributed by atoms with Gasteiger partial charge in [-0.05, 0) is 44.2 Å². The number of rotatable bonds is 3. The average Bonchev–Trinajstić information content (AvgIpc) is 2.71. The van der Waals surface area contributed by atoms with Crippen LogP contribution >= 0.6 is 0 Å². The number of piperidine rings is 2. The third-order valence-electron chi connectivity index (χ3n) is 6.63. The van der Waals surface area contributed by atoms with Crippen LogP contribution in [0.15, 0.2) is 48.5 Å². The Morgan fingerprint density at radius 1 is 0.846 bits per heavy atom. The number of hydrogen-bond acceptors (Lipinski definition) is 1. The first kappa shape index (κ1) is 16.1. The van der Waals surface area contributed by atoms with Crippen LogP contribution in [0.1, 0.15) is 32.1 Å². The molecule has 3 N–H and O–H groups in total. The van der Waals surface area contributed by atoms with Gasteiger partial charge in [-0.1, -0.05) is 24.3 Å². The van der Waals surface area contributed by atoms with Crippen molar-refractivity contribution < 1.29 is 9.88 Å². The molecule has 0 amide bonds. The summed E-state index contributed by atoms with van der Waals surface area (Å²) in [4.78, 5) is 5.47. The molecule has 2 aliphatic heterocycles. The second-order valence-corrected chi connectivity index (χ2v) is 8.13. The Balaban J connectivity index is 1.48. The number of aromatic amines is 1. The first-order chi connectivity index (χ1) is 12.9. The number of aromatic nitrogens is 1. The van der Waals surface area contributed by atoms with Crippen LogP contribution in [-0.2, 0) is 0 Å². The molecule has 1 unspecified atom stereocenters. The van der Waals surface area contributed by atoms with Crippen LogP contribution in [0.25, 0.3) is 21.8 Å². The maximum Gasteiger partial charge on any atom is 0.213 e. The van der Waals surface area contributed by atoms with Crippen LogP contribution in [-0.4, -0.2) is 25.7 Å². The van der Waals surface area contributed by atoms with Crippen LogP contribution in [0.5, 0.6) is 0 Å². The van der Waals surface area contributed by atoms with Gasteiger partial charge < -0.3 is 10.2 Å². The molecule has 2 aliphatic rings. The van der Waals surface area contributed by atoms with E-state index in [2.05, 4.69) is 58.8 Å². The van der Waals surface area contributed by atoms with Crippen molar-refractivity contribution in [1.29, 1.82) is 0 Å². The summed E-state index contributed by atoms with van der Waals surface area (Å²) in [5.74, 6) is 0.806. The van der Waals surface area contributed by atoms with Gasteiger partial charge in [-0.15, -0.1) is 0 Å². The normalized spacial score (nSPS) is 25.9. The number of para-hydroxylation sites is 2. The summed E-state index contributed by atoms with van der Waals surface area (Å²) in [7, 11) is 0. The van der Waals surface area contributed by atoms with Gasteiger partial charge in [0, 0.05) is 24.6 Å². The number of H-pyrrole nitrogens is 1. The van der Waals surface area contributed by atoms with E-state index in [0.717, 1.165) is 18.5 Å². The number of quaternary nitrogens is 1. The van der Waals surface area contributed by atoms with Gasteiger partial charge in [-0.3, -0.25) is 0 Å². The third-order valence-corrected chi connectivity index (χ3v) is 6.63. The topological polar surface area (TPSA) is 30.6 Å². The van der Waals surface area contributed by atoms with Crippen LogP contribution in [0, 0.1) is 5.92 Å². The number of benzene rings is 2. The molecule has 0 radical (unpaired) electrons. The van der Waals surface area contributed by atoms with E-state index in [1.54, 1.807) is 0 Å². The van der Waals surface area contributed by atoms with Crippen LogP contribution in [0.4, 0.5) is 5.69 Å². The molecule has 1 aromatic heterocycles. The van der Waals surface area contributed by atoms with Gasteiger partial charge in [-0.2, -0.15) is 0 Å². The first-order valence-corrected chi connectivity index (χ1v) is 10.3. The highest BCUT2D eigenvalue weighted by atomic mass is 15.2. The molecule has 2 aromatic carbocycles. The molecular weight excluding hydrogens is 318 g/mol. The highest BCUT2D eigenvalue weighted by Gasteiger charge is 2.36. The number of fused-ring (bicyclic) bond motifs is 3. The quantitative estimate of drug-likeness (QED) is 0.701. The fourth-order valence-electron chi connectivity index (χ4n) is 5.36. The van der Waals surface area contributed by atoms with Crippen LogP contribution in [0.2, 0.25) is 0 Å². The second-order valence-electron chi connectivity index (χ2n) is 8.13. The number of hydrogen-bond donors (Lipinski definition) is 2. The molecule has 3 aromatic rings. The third kappa shape index (κ3) is 2.84. The fraction of sp³-hybridized carbons (Fsp3) is 0.435. The number of nitrogens with one attached hydrogen (secondary N) is 3. The number of anilines is 1. The van der Waals surface area contributed by atoms with Gasteiger partial charge in [0.05, 0.1) is 35.6 Å². The summed E-state index contributed by atoms with van der Waals surface area (Å²) in [6.07, 6.45) is 7.05. The Labute approximate surface area is 155 Å². The summed E-state index contributed by atoms with van der Waals surface area (Å²) in [6.45, 7) is 3.90. The van der Waals surface area contributed by atoms with Crippen LogP contribution < -0.4 is 15.2 Å². The van der Waals surface area contributed by atoms with Crippen molar-refractivity contribution >= 4 is 27.5 Å². The Kier molecular flexibility index (Phi) is 4.25. The van der Waals surface area contributed by atoms with Gasteiger partial charge in [0.15, 0.2) is 0 Å². The van der Waals surface area contributed by atoms with Crippen molar-refractivity contribution in [3.63, 3.8) is 0 Å². The number of pyridine rings is 1. The zero-order valence-electron chi connectivity index (χ0n) is 15.4. The standard InChI is InChI=1S/C23H27N3/c1-3-11-20-18(9-1)23(19-10-2-4-12-21(19)25-20)24-16-17-8-7-15-26-14-6-5-13-22(17)26/h1-4,9-12,17,22H,5-8,13-16H2,(H,24,25)/p+2/t17-,22-/m1/s1. The summed E-state index contributed by atoms with van der Waals surface area (Å²) in [6, 6.07) is 18.2. The lowest BCUT2D eigenvalue weighted by molar-refractivity contribution is -0.939. The van der Waals surface area contributed by atoms with Crippen molar-refractivity contribution in [1.82, 2.24) is 0 Å². The molecule has 2 saturated heterocycles. The van der Waals surface area contributed by atoms with E-state index in [0.29, 0.717) is 0 Å². The SMILES string of the molecule is c1ccc2c(NC[C@H]3CCC[NH+]4CCCC[C@H]34)c3ccccc3[nH+]c2c1. The van der Waals surface area contributed by atoms with E-state index >= 15 is 0 Å². The lowest BCUT2D eigenvalue weighted by Crippen LogP contribution is -3.18. The van der Waals surface area contributed by atoms with E-state index in [1.165, 1.54) is 72.7 Å². The largest absolute Gasteiger partial charge is 0.383 e. The molecule has 0 saturated carbocycles. The minimum absolute atomic E-state index is 0.806. The summed E-state index contributed by atoms with van der Waals surface area (Å²) >= 11 is 0. The molecule has 3 nitrogen and oxygen atoms in total. The van der Waals surface area contributed by atoms with E-state index < -0.39 is 0 Å². The summed E-state index contributed by atoms with van der Waals surface area (Å²) in [5.41, 5.74) is 3.72. The zero-order chi connectivity index (χ0) is 17.3. The van der Waals surface area contributed by atoms with Crippen molar-refractivity contribution in [3.05, 3.63) is 48.5 Å². The van der Waals surface area contributed by atoms with Gasteiger partial charge in [0.1, 0.15) is 0 Å². The van der Waals surface area contributed by atoms with Crippen molar-refractivity contribution in [2.45, 2.75) is 38.1 Å². The molecule has 3 heterocycles. The molecule has 2 fully saturated rings. The molecular formula is C23H29N3+2. The molecule has 0 bridgehead atoms. The molecule has 0 spiro atoms. The summed E-state index contributed by atoms with van der Waals surface area (Å²) in [5, 5.41) is 6.50. The van der Waals surface area contributed by atoms with Gasteiger partial charge in [0.25, 0.3) is 0 Å². The van der Waals surface area contributed by atoms with Gasteiger partial charge in [0.2, 0.25) is 11.0 Å². The molecule has 134 valence electrons. The zero-order valence-corrected chi connectivity index (χ0v) is 15.4. The second kappa shape index (κ2) is 6.88. The summed E-state index contributed by atoms with van der Waals surface area (Å²) < 4.78 is 0. The maximum absolute atomic E-state index is 3.90.